The molecule has 0 radical (unpaired) electrons. The molecule has 1 unspecified atom stereocenters. The van der Waals surface area contributed by atoms with Crippen molar-refractivity contribution in [2.75, 3.05) is 0 Å². The van der Waals surface area contributed by atoms with Crippen LogP contribution in [-0.2, 0) is 3.78 Å². The molecule has 0 saturated carbocycles. The molecule has 0 amide bonds. The van der Waals surface area contributed by atoms with Gasteiger partial charge in [-0.15, -0.1) is 11.6 Å². The Hall–Kier alpha value is -0.530. The zero-order valence-electron chi connectivity index (χ0n) is 10.6. The summed E-state index contributed by atoms with van der Waals surface area (Å²) in [5.74, 6) is 0. The first-order valence-corrected chi connectivity index (χ1v) is 7.68. The van der Waals surface area contributed by atoms with Crippen molar-refractivity contribution in [2.24, 2.45) is 0 Å². The molecule has 2 aromatic rings. The highest BCUT2D eigenvalue weighted by Gasteiger charge is 2.26. The van der Waals surface area contributed by atoms with Crippen LogP contribution in [-0.4, -0.2) is 0 Å². The molecule has 0 aromatic heterocycles. The summed E-state index contributed by atoms with van der Waals surface area (Å²) >= 11 is 10.4. The topological polar surface area (TPSA) is 0 Å². The number of alkyl halides is 2. The molecule has 18 heavy (non-hydrogen) atoms. The van der Waals surface area contributed by atoms with Gasteiger partial charge in [0.1, 0.15) is 3.78 Å². The number of rotatable bonds is 5. The first kappa shape index (κ1) is 13.9. The van der Waals surface area contributed by atoms with Crippen molar-refractivity contribution in [2.45, 2.75) is 36.4 Å². The van der Waals surface area contributed by atoms with Gasteiger partial charge in [-0.1, -0.05) is 84.6 Å². The van der Waals surface area contributed by atoms with Gasteiger partial charge in [0.25, 0.3) is 0 Å². The highest BCUT2D eigenvalue weighted by Crippen LogP contribution is 2.43. The minimum Gasteiger partial charge on any atom is -0.101 e. The predicted octanol–water partition coefficient (Wildman–Crippen LogP) is 6.21. The van der Waals surface area contributed by atoms with E-state index in [1.807, 2.05) is 0 Å². The quantitative estimate of drug-likeness (QED) is 0.453. The van der Waals surface area contributed by atoms with E-state index in [9.17, 15) is 0 Å². The Morgan fingerprint density at radius 2 is 1.78 bits per heavy atom. The molecular weight excluding hydrogens is 308 g/mol. The Balaban J connectivity index is 2.34. The average Bonchev–Trinajstić information content (AvgIpc) is 2.38. The van der Waals surface area contributed by atoms with E-state index in [1.165, 1.54) is 29.2 Å². The largest absolute Gasteiger partial charge is 0.125 e. The van der Waals surface area contributed by atoms with Crippen LogP contribution in [0.3, 0.4) is 0 Å². The van der Waals surface area contributed by atoms with Crippen LogP contribution in [0.25, 0.3) is 10.8 Å². The molecule has 0 aliphatic heterocycles. The highest BCUT2D eigenvalue weighted by molar-refractivity contribution is 9.10. The fourth-order valence-corrected chi connectivity index (χ4v) is 3.20. The van der Waals surface area contributed by atoms with Gasteiger partial charge >= 0.3 is 0 Å². The highest BCUT2D eigenvalue weighted by atomic mass is 79.9. The monoisotopic (exact) mass is 324 g/mol. The standard InChI is InChI=1S/C16H18BrCl/c1-2-3-6-12-16(17,18)15-11-7-9-13-8-4-5-10-14(13)15/h4-5,7-11H,2-3,6,12H2,1H3. The van der Waals surface area contributed by atoms with Gasteiger partial charge < -0.3 is 0 Å². The van der Waals surface area contributed by atoms with E-state index in [0.717, 1.165) is 12.8 Å². The summed E-state index contributed by atoms with van der Waals surface area (Å²) < 4.78 is -0.441. The molecule has 0 heterocycles. The first-order valence-electron chi connectivity index (χ1n) is 6.51. The summed E-state index contributed by atoms with van der Waals surface area (Å²) in [7, 11) is 0. The third-order valence-electron chi connectivity index (χ3n) is 3.28. The molecule has 2 rings (SSSR count). The van der Waals surface area contributed by atoms with Gasteiger partial charge in [-0.25, -0.2) is 0 Å². The minimum absolute atomic E-state index is 0.441. The normalized spacial score (nSPS) is 14.6. The lowest BCUT2D eigenvalue weighted by molar-refractivity contribution is 0.639. The smallest absolute Gasteiger partial charge is 0.101 e. The number of benzene rings is 2. The fraction of sp³-hybridized carbons (Fsp3) is 0.375. The summed E-state index contributed by atoms with van der Waals surface area (Å²) in [5.41, 5.74) is 1.18. The second kappa shape index (κ2) is 6.08. The molecule has 96 valence electrons. The van der Waals surface area contributed by atoms with E-state index in [4.69, 9.17) is 11.6 Å². The fourth-order valence-electron chi connectivity index (χ4n) is 2.28. The number of fused-ring (bicyclic) bond motifs is 1. The maximum atomic E-state index is 6.69. The number of unbranched alkanes of at least 4 members (excludes halogenated alkanes) is 2. The molecule has 0 N–H and O–H groups in total. The zero-order valence-corrected chi connectivity index (χ0v) is 13.0. The third-order valence-corrected chi connectivity index (χ3v) is 4.49. The van der Waals surface area contributed by atoms with E-state index in [1.54, 1.807) is 0 Å². The van der Waals surface area contributed by atoms with Gasteiger partial charge in [0.15, 0.2) is 0 Å². The SMILES string of the molecule is CCCCCC(Cl)(Br)c1cccc2ccccc12. The lowest BCUT2D eigenvalue weighted by Crippen LogP contribution is -2.10. The maximum absolute atomic E-state index is 6.69. The zero-order chi connectivity index (χ0) is 13.0. The Labute approximate surface area is 122 Å². The van der Waals surface area contributed by atoms with Gasteiger partial charge in [-0.3, -0.25) is 0 Å². The van der Waals surface area contributed by atoms with E-state index >= 15 is 0 Å². The van der Waals surface area contributed by atoms with E-state index < -0.39 is 3.78 Å². The molecule has 0 bridgehead atoms. The molecular formula is C16H18BrCl. The number of hydrogen-bond donors (Lipinski definition) is 0. The van der Waals surface area contributed by atoms with Gasteiger partial charge in [0.2, 0.25) is 0 Å². The predicted molar refractivity (Wildman–Crippen MR) is 84.5 cm³/mol. The second-order valence-corrected chi connectivity index (χ2v) is 7.14. The second-order valence-electron chi connectivity index (χ2n) is 4.69. The van der Waals surface area contributed by atoms with Crippen LogP contribution in [0.2, 0.25) is 0 Å². The third kappa shape index (κ3) is 3.07. The minimum atomic E-state index is -0.441. The average molecular weight is 326 g/mol. The lowest BCUT2D eigenvalue weighted by atomic mass is 9.99. The Morgan fingerprint density at radius 1 is 1.06 bits per heavy atom. The van der Waals surface area contributed by atoms with Crippen LogP contribution < -0.4 is 0 Å². The number of halogens is 2. The van der Waals surface area contributed by atoms with Crippen LogP contribution in [0.4, 0.5) is 0 Å². The van der Waals surface area contributed by atoms with Crippen molar-refractivity contribution >= 4 is 38.3 Å². The van der Waals surface area contributed by atoms with Crippen molar-refractivity contribution in [1.82, 2.24) is 0 Å². The summed E-state index contributed by atoms with van der Waals surface area (Å²) in [5, 5.41) is 2.48. The van der Waals surface area contributed by atoms with Crippen LogP contribution in [0.5, 0.6) is 0 Å². The molecule has 0 aliphatic rings. The Morgan fingerprint density at radius 3 is 2.56 bits per heavy atom. The lowest BCUT2D eigenvalue weighted by Gasteiger charge is -2.22. The van der Waals surface area contributed by atoms with Crippen molar-refractivity contribution in [3.05, 3.63) is 48.0 Å². The summed E-state index contributed by atoms with van der Waals surface area (Å²) in [6.07, 6.45) is 4.55. The van der Waals surface area contributed by atoms with Crippen molar-refractivity contribution in [3.8, 4) is 0 Å². The van der Waals surface area contributed by atoms with Crippen LogP contribution in [0, 0.1) is 0 Å². The summed E-state index contributed by atoms with van der Waals surface area (Å²) in [6, 6.07) is 14.7. The maximum Gasteiger partial charge on any atom is 0.125 e. The van der Waals surface area contributed by atoms with E-state index in [-0.39, 0.29) is 0 Å². The van der Waals surface area contributed by atoms with Gasteiger partial charge in [0, 0.05) is 0 Å². The van der Waals surface area contributed by atoms with Crippen molar-refractivity contribution in [3.63, 3.8) is 0 Å². The van der Waals surface area contributed by atoms with Crippen LogP contribution >= 0.6 is 27.5 Å². The Kier molecular flexibility index (Phi) is 4.69. The molecule has 1 atom stereocenters. The van der Waals surface area contributed by atoms with Gasteiger partial charge in [-0.05, 0) is 22.8 Å². The molecule has 0 nitrogen and oxygen atoms in total. The molecule has 2 aromatic carbocycles. The van der Waals surface area contributed by atoms with Gasteiger partial charge in [-0.2, -0.15) is 0 Å². The molecule has 0 fully saturated rings. The van der Waals surface area contributed by atoms with E-state index in [0.29, 0.717) is 0 Å². The first-order chi connectivity index (χ1) is 8.65. The molecule has 0 spiro atoms. The summed E-state index contributed by atoms with van der Waals surface area (Å²) in [4.78, 5) is 0. The van der Waals surface area contributed by atoms with Crippen LogP contribution in [0.15, 0.2) is 42.5 Å². The summed E-state index contributed by atoms with van der Waals surface area (Å²) in [6.45, 7) is 2.21. The van der Waals surface area contributed by atoms with Gasteiger partial charge in [0.05, 0.1) is 0 Å². The number of hydrogen-bond acceptors (Lipinski definition) is 0. The Bertz CT molecular complexity index is 514. The molecule has 2 heteroatoms. The molecule has 0 saturated heterocycles. The molecule has 0 aliphatic carbocycles. The van der Waals surface area contributed by atoms with Crippen LogP contribution in [0.1, 0.15) is 38.2 Å². The van der Waals surface area contributed by atoms with E-state index in [2.05, 4.69) is 65.3 Å². The van der Waals surface area contributed by atoms with Crippen molar-refractivity contribution < 1.29 is 0 Å². The van der Waals surface area contributed by atoms with Crippen molar-refractivity contribution in [1.29, 1.82) is 0 Å².